The third kappa shape index (κ3) is 2.26. The van der Waals surface area contributed by atoms with Gasteiger partial charge in [-0.1, -0.05) is 30.3 Å². The predicted octanol–water partition coefficient (Wildman–Crippen LogP) is 1.22. The van der Waals surface area contributed by atoms with Crippen LogP contribution in [0, 0.1) is 5.41 Å². The number of ether oxygens (including phenoxy) is 4. The molecule has 0 radical (unpaired) electrons. The van der Waals surface area contributed by atoms with Gasteiger partial charge in [-0.05, 0) is 0 Å². The zero-order valence-corrected chi connectivity index (χ0v) is 11.3. The van der Waals surface area contributed by atoms with Crippen LogP contribution in [0.1, 0.15) is 5.56 Å². The normalized spacial score (nSPS) is 31.9. The molecule has 20 heavy (non-hydrogen) atoms. The molecule has 108 valence electrons. The quantitative estimate of drug-likeness (QED) is 0.901. The summed E-state index contributed by atoms with van der Waals surface area (Å²) in [4.78, 5) is 11.2. The molecule has 1 aromatic rings. The summed E-state index contributed by atoms with van der Waals surface area (Å²) in [5, 5.41) is 2.41. The van der Waals surface area contributed by atoms with Gasteiger partial charge in [-0.2, -0.15) is 0 Å². The van der Waals surface area contributed by atoms with E-state index in [9.17, 15) is 4.79 Å². The highest BCUT2D eigenvalue weighted by molar-refractivity contribution is 5.66. The minimum absolute atomic E-state index is 0.206. The third-order valence-corrected chi connectivity index (χ3v) is 3.55. The highest BCUT2D eigenvalue weighted by Gasteiger charge is 2.54. The summed E-state index contributed by atoms with van der Waals surface area (Å²) in [7, 11) is 1.52. The molecule has 6 nitrogen and oxygen atoms in total. The van der Waals surface area contributed by atoms with Gasteiger partial charge in [0.2, 0.25) is 0 Å². The molecule has 1 amide bonds. The first kappa shape index (κ1) is 13.4. The van der Waals surface area contributed by atoms with Gasteiger partial charge >= 0.3 is 12.1 Å². The maximum Gasteiger partial charge on any atom is 0.406 e. The Balaban J connectivity index is 1.68. The van der Waals surface area contributed by atoms with Crippen molar-refractivity contribution in [1.29, 1.82) is 0 Å². The highest BCUT2D eigenvalue weighted by atomic mass is 16.9. The average Bonchev–Trinajstić information content (AvgIpc) is 2.55. The van der Waals surface area contributed by atoms with Crippen molar-refractivity contribution in [3.05, 3.63) is 35.9 Å². The Bertz CT molecular complexity index is 465. The van der Waals surface area contributed by atoms with Crippen LogP contribution in [0.15, 0.2) is 30.3 Å². The lowest BCUT2D eigenvalue weighted by molar-refractivity contribution is -0.481. The summed E-state index contributed by atoms with van der Waals surface area (Å²) in [6.07, 6.45) is -0.468. The average molecular weight is 279 g/mol. The van der Waals surface area contributed by atoms with E-state index in [0.29, 0.717) is 19.8 Å². The van der Waals surface area contributed by atoms with Crippen molar-refractivity contribution in [2.24, 2.45) is 5.41 Å². The number of carbonyl (C=O) groups excluding carboxylic acids is 1. The summed E-state index contributed by atoms with van der Waals surface area (Å²) >= 11 is 0. The Hall–Kier alpha value is -1.63. The lowest BCUT2D eigenvalue weighted by Crippen LogP contribution is -2.60. The fraction of sp³-hybridized carbons (Fsp3) is 0.500. The lowest BCUT2D eigenvalue weighted by Gasteiger charge is -2.51. The van der Waals surface area contributed by atoms with E-state index in [1.54, 1.807) is 0 Å². The van der Waals surface area contributed by atoms with Gasteiger partial charge in [-0.3, -0.25) is 0 Å². The van der Waals surface area contributed by atoms with Crippen molar-refractivity contribution in [2.75, 3.05) is 33.5 Å². The van der Waals surface area contributed by atoms with Crippen molar-refractivity contribution in [2.45, 2.75) is 5.97 Å². The highest BCUT2D eigenvalue weighted by Crippen LogP contribution is 2.44. The van der Waals surface area contributed by atoms with Gasteiger partial charge in [-0.25, -0.2) is 4.79 Å². The molecule has 1 aromatic carbocycles. The van der Waals surface area contributed by atoms with Gasteiger partial charge in [0, 0.05) is 12.6 Å². The maximum atomic E-state index is 11.2. The molecule has 3 saturated heterocycles. The van der Waals surface area contributed by atoms with Crippen LogP contribution in [0.5, 0.6) is 0 Å². The van der Waals surface area contributed by atoms with Crippen LogP contribution in [0.25, 0.3) is 0 Å². The molecule has 2 bridgehead atoms. The minimum Gasteiger partial charge on any atom is -0.449 e. The first-order valence-electron chi connectivity index (χ1n) is 6.50. The Morgan fingerprint density at radius 1 is 1.20 bits per heavy atom. The van der Waals surface area contributed by atoms with E-state index in [4.69, 9.17) is 18.9 Å². The molecule has 3 heterocycles. The van der Waals surface area contributed by atoms with Crippen LogP contribution >= 0.6 is 0 Å². The molecule has 4 rings (SSSR count). The number of hydrogen-bond acceptors (Lipinski definition) is 5. The third-order valence-electron chi connectivity index (χ3n) is 3.55. The zero-order chi connectivity index (χ0) is 14.1. The zero-order valence-electron chi connectivity index (χ0n) is 11.3. The summed E-state index contributed by atoms with van der Waals surface area (Å²) < 4.78 is 22.4. The van der Waals surface area contributed by atoms with Gasteiger partial charge in [0.15, 0.2) is 0 Å². The van der Waals surface area contributed by atoms with E-state index in [1.807, 2.05) is 30.3 Å². The number of nitrogens with one attached hydrogen (secondary N) is 1. The fourth-order valence-corrected chi connectivity index (χ4v) is 2.30. The number of amides is 1. The van der Waals surface area contributed by atoms with E-state index in [2.05, 4.69) is 5.32 Å². The minimum atomic E-state index is -1.12. The van der Waals surface area contributed by atoms with E-state index in [1.165, 1.54) is 7.05 Å². The van der Waals surface area contributed by atoms with E-state index in [0.717, 1.165) is 5.56 Å². The molecule has 0 saturated carbocycles. The second-order valence-corrected chi connectivity index (χ2v) is 5.11. The molecule has 3 fully saturated rings. The van der Waals surface area contributed by atoms with Crippen LogP contribution in [0.2, 0.25) is 0 Å². The summed E-state index contributed by atoms with van der Waals surface area (Å²) in [6, 6.07) is 9.54. The van der Waals surface area contributed by atoms with Crippen molar-refractivity contribution < 1.29 is 23.7 Å². The molecule has 0 aromatic heterocycles. The van der Waals surface area contributed by atoms with Crippen molar-refractivity contribution >= 4 is 6.09 Å². The van der Waals surface area contributed by atoms with Crippen LogP contribution in [0.4, 0.5) is 4.79 Å². The molecule has 0 unspecified atom stereocenters. The molecule has 1 N–H and O–H groups in total. The van der Waals surface area contributed by atoms with Crippen molar-refractivity contribution in [1.82, 2.24) is 5.32 Å². The van der Waals surface area contributed by atoms with Crippen LogP contribution < -0.4 is 5.32 Å². The Morgan fingerprint density at radius 2 is 1.80 bits per heavy atom. The molecule has 0 spiro atoms. The van der Waals surface area contributed by atoms with E-state index >= 15 is 0 Å². The number of carbonyl (C=O) groups is 1. The van der Waals surface area contributed by atoms with Crippen molar-refractivity contribution in [3.63, 3.8) is 0 Å². The molecular formula is C14H17NO5. The monoisotopic (exact) mass is 279 g/mol. The SMILES string of the molecule is CNC(=O)OCC12COC(c3ccccc3)(OC1)OC2. The summed E-state index contributed by atoms with van der Waals surface area (Å²) in [5.41, 5.74) is 0.406. The number of rotatable bonds is 3. The molecule has 0 aliphatic carbocycles. The predicted molar refractivity (Wildman–Crippen MR) is 68.8 cm³/mol. The fourth-order valence-electron chi connectivity index (χ4n) is 2.30. The van der Waals surface area contributed by atoms with E-state index < -0.39 is 17.5 Å². The Labute approximate surface area is 117 Å². The summed E-state index contributed by atoms with van der Waals surface area (Å²) in [6.45, 7) is 1.49. The van der Waals surface area contributed by atoms with E-state index in [-0.39, 0.29) is 6.61 Å². The first-order chi connectivity index (χ1) is 9.68. The van der Waals surface area contributed by atoms with Crippen LogP contribution in [-0.4, -0.2) is 39.6 Å². The van der Waals surface area contributed by atoms with Gasteiger partial charge in [0.05, 0.1) is 25.2 Å². The van der Waals surface area contributed by atoms with Crippen molar-refractivity contribution in [3.8, 4) is 0 Å². The second kappa shape index (κ2) is 5.05. The second-order valence-electron chi connectivity index (χ2n) is 5.11. The number of alkyl carbamates (subject to hydrolysis) is 1. The summed E-state index contributed by atoms with van der Waals surface area (Å²) in [5.74, 6) is -1.12. The molecular weight excluding hydrogens is 262 g/mol. The van der Waals surface area contributed by atoms with Gasteiger partial charge < -0.3 is 24.3 Å². The number of benzene rings is 1. The topological polar surface area (TPSA) is 66.0 Å². The van der Waals surface area contributed by atoms with Crippen LogP contribution in [0.3, 0.4) is 0 Å². The van der Waals surface area contributed by atoms with Gasteiger partial charge in [0.1, 0.15) is 6.61 Å². The smallest absolute Gasteiger partial charge is 0.406 e. The Kier molecular flexibility index (Phi) is 3.37. The Morgan fingerprint density at radius 3 is 2.35 bits per heavy atom. The molecule has 0 atom stereocenters. The maximum absolute atomic E-state index is 11.2. The van der Waals surface area contributed by atoms with Gasteiger partial charge in [-0.15, -0.1) is 0 Å². The number of hydrogen-bond donors (Lipinski definition) is 1. The van der Waals surface area contributed by atoms with Crippen LogP contribution in [-0.2, 0) is 24.9 Å². The lowest BCUT2D eigenvalue weighted by atomic mass is 9.89. The molecule has 3 aliphatic rings. The number of fused-ring (bicyclic) bond motifs is 3. The molecule has 6 heteroatoms. The molecule has 3 aliphatic heterocycles. The first-order valence-corrected chi connectivity index (χ1v) is 6.50. The largest absolute Gasteiger partial charge is 0.449 e. The standard InChI is InChI=1S/C14H17NO5/c1-15-12(16)17-7-13-8-18-14(19-9-13,20-10-13)11-5-3-2-4-6-11/h2-6H,7-10H2,1H3,(H,15,16). The van der Waals surface area contributed by atoms with Gasteiger partial charge in [0.25, 0.3) is 0 Å².